The Hall–Kier alpha value is -2.14. The predicted octanol–water partition coefficient (Wildman–Crippen LogP) is 2.32. The summed E-state index contributed by atoms with van der Waals surface area (Å²) in [6, 6.07) is 7.47. The number of pyridine rings is 1. The second-order valence-corrected chi connectivity index (χ2v) is 4.13. The molecule has 0 atom stereocenters. The molecule has 0 radical (unpaired) electrons. The molecule has 0 saturated heterocycles. The number of hydrogen-bond donors (Lipinski definition) is 0. The highest BCUT2D eigenvalue weighted by Gasteiger charge is 2.14. The molecule has 0 aliphatic rings. The molecule has 0 spiro atoms. The van der Waals surface area contributed by atoms with Crippen molar-refractivity contribution in [3.05, 3.63) is 53.3 Å². The number of nitrogens with zero attached hydrogens (tertiary/aromatic N) is 3. The average Bonchev–Trinajstić information content (AvgIpc) is 2.91. The lowest BCUT2D eigenvalue weighted by atomic mass is 10.0. The van der Waals surface area contributed by atoms with Crippen LogP contribution in [0.4, 0.5) is 0 Å². The van der Waals surface area contributed by atoms with E-state index in [0.29, 0.717) is 11.3 Å². The SMILES string of the molecule is O=C(c1csnn1)c1cccc2ccncc12. The number of carbonyl (C=O) groups excluding carboxylic acids is 1. The van der Waals surface area contributed by atoms with Crippen LogP contribution in [0.2, 0.25) is 0 Å². The van der Waals surface area contributed by atoms with E-state index in [-0.39, 0.29) is 5.78 Å². The van der Waals surface area contributed by atoms with Gasteiger partial charge < -0.3 is 0 Å². The van der Waals surface area contributed by atoms with E-state index in [4.69, 9.17) is 0 Å². The molecule has 82 valence electrons. The summed E-state index contributed by atoms with van der Waals surface area (Å²) in [7, 11) is 0. The van der Waals surface area contributed by atoms with Crippen LogP contribution in [0.1, 0.15) is 16.1 Å². The van der Waals surface area contributed by atoms with Crippen molar-refractivity contribution in [3.8, 4) is 0 Å². The zero-order valence-corrected chi connectivity index (χ0v) is 9.52. The van der Waals surface area contributed by atoms with Crippen LogP contribution in [0.5, 0.6) is 0 Å². The zero-order valence-electron chi connectivity index (χ0n) is 8.70. The molecular formula is C12H7N3OS. The lowest BCUT2D eigenvalue weighted by molar-refractivity contribution is 0.103. The molecule has 0 bridgehead atoms. The van der Waals surface area contributed by atoms with Gasteiger partial charge in [0, 0.05) is 28.7 Å². The smallest absolute Gasteiger partial charge is 0.214 e. The Morgan fingerprint density at radius 2 is 2.18 bits per heavy atom. The Morgan fingerprint density at radius 3 is 3.00 bits per heavy atom. The van der Waals surface area contributed by atoms with Crippen molar-refractivity contribution in [2.45, 2.75) is 0 Å². The summed E-state index contributed by atoms with van der Waals surface area (Å²) in [5.41, 5.74) is 0.995. The van der Waals surface area contributed by atoms with Crippen LogP contribution >= 0.6 is 11.5 Å². The third-order valence-corrected chi connectivity index (χ3v) is 3.03. The Balaban J connectivity index is 2.21. The summed E-state index contributed by atoms with van der Waals surface area (Å²) in [6.45, 7) is 0. The number of aromatic nitrogens is 3. The second-order valence-electron chi connectivity index (χ2n) is 3.52. The van der Waals surface area contributed by atoms with Crippen molar-refractivity contribution in [3.63, 3.8) is 0 Å². The van der Waals surface area contributed by atoms with Crippen LogP contribution in [0, 0.1) is 0 Å². The van der Waals surface area contributed by atoms with Crippen LogP contribution in [0.15, 0.2) is 42.0 Å². The van der Waals surface area contributed by atoms with Gasteiger partial charge in [-0.2, -0.15) is 0 Å². The number of carbonyl (C=O) groups is 1. The number of rotatable bonds is 2. The molecule has 17 heavy (non-hydrogen) atoms. The minimum atomic E-state index is -0.114. The molecule has 0 aliphatic carbocycles. The van der Waals surface area contributed by atoms with Gasteiger partial charge in [0.05, 0.1) is 0 Å². The molecule has 0 unspecified atom stereocenters. The topological polar surface area (TPSA) is 55.7 Å². The van der Waals surface area contributed by atoms with Gasteiger partial charge >= 0.3 is 0 Å². The molecule has 4 nitrogen and oxygen atoms in total. The summed E-state index contributed by atoms with van der Waals surface area (Å²) >= 11 is 1.17. The van der Waals surface area contributed by atoms with Crippen LogP contribution in [0.3, 0.4) is 0 Å². The van der Waals surface area contributed by atoms with E-state index in [9.17, 15) is 4.79 Å². The molecular weight excluding hydrogens is 234 g/mol. The molecule has 0 fully saturated rings. The fourth-order valence-electron chi connectivity index (χ4n) is 1.71. The number of hydrogen-bond acceptors (Lipinski definition) is 5. The van der Waals surface area contributed by atoms with Crippen molar-refractivity contribution < 1.29 is 4.79 Å². The maximum Gasteiger partial charge on any atom is 0.214 e. The minimum absolute atomic E-state index is 0.114. The van der Waals surface area contributed by atoms with Gasteiger partial charge in [-0.05, 0) is 23.0 Å². The number of ketones is 1. The van der Waals surface area contributed by atoms with Crippen molar-refractivity contribution in [2.75, 3.05) is 0 Å². The molecule has 5 heteroatoms. The van der Waals surface area contributed by atoms with Gasteiger partial charge in [-0.1, -0.05) is 22.7 Å². The standard InChI is InChI=1S/C12H7N3OS/c16-12(11-7-17-15-14-11)9-3-1-2-8-4-5-13-6-10(8)9/h1-7H. The maximum atomic E-state index is 12.2. The normalized spacial score (nSPS) is 10.6. The summed E-state index contributed by atoms with van der Waals surface area (Å²) in [4.78, 5) is 16.2. The van der Waals surface area contributed by atoms with Gasteiger partial charge in [0.25, 0.3) is 0 Å². The van der Waals surface area contributed by atoms with Crippen molar-refractivity contribution in [2.24, 2.45) is 0 Å². The Morgan fingerprint density at radius 1 is 1.24 bits per heavy atom. The second kappa shape index (κ2) is 4.03. The first-order valence-corrected chi connectivity index (χ1v) is 5.84. The van der Waals surface area contributed by atoms with Crippen molar-refractivity contribution in [1.29, 1.82) is 0 Å². The monoisotopic (exact) mass is 241 g/mol. The zero-order chi connectivity index (χ0) is 11.7. The highest BCUT2D eigenvalue weighted by atomic mass is 32.1. The maximum absolute atomic E-state index is 12.2. The predicted molar refractivity (Wildman–Crippen MR) is 65.1 cm³/mol. The quantitative estimate of drug-likeness (QED) is 0.646. The van der Waals surface area contributed by atoms with Crippen LogP contribution < -0.4 is 0 Å². The summed E-state index contributed by atoms with van der Waals surface area (Å²) in [5.74, 6) is -0.114. The summed E-state index contributed by atoms with van der Waals surface area (Å²) in [5, 5.41) is 7.28. The molecule has 1 aromatic carbocycles. The van der Waals surface area contributed by atoms with Crippen LogP contribution in [0.25, 0.3) is 10.8 Å². The number of fused-ring (bicyclic) bond motifs is 1. The molecule has 0 amide bonds. The van der Waals surface area contributed by atoms with E-state index in [0.717, 1.165) is 10.8 Å². The van der Waals surface area contributed by atoms with Crippen LogP contribution in [-0.4, -0.2) is 20.4 Å². The largest absolute Gasteiger partial charge is 0.287 e. The highest BCUT2D eigenvalue weighted by molar-refractivity contribution is 7.03. The van der Waals surface area contributed by atoms with Gasteiger partial charge in [-0.3, -0.25) is 9.78 Å². The first kappa shape index (κ1) is 10.0. The molecule has 3 aromatic rings. The van der Waals surface area contributed by atoms with Gasteiger partial charge in [0.15, 0.2) is 0 Å². The highest BCUT2D eigenvalue weighted by Crippen LogP contribution is 2.19. The molecule has 2 aromatic heterocycles. The minimum Gasteiger partial charge on any atom is -0.287 e. The van der Waals surface area contributed by atoms with Crippen molar-refractivity contribution >= 4 is 28.1 Å². The first-order valence-electron chi connectivity index (χ1n) is 5.01. The summed E-state index contributed by atoms with van der Waals surface area (Å²) in [6.07, 6.45) is 3.41. The van der Waals surface area contributed by atoms with E-state index in [2.05, 4.69) is 14.6 Å². The Kier molecular flexibility index (Phi) is 2.38. The fraction of sp³-hybridized carbons (Fsp3) is 0. The van der Waals surface area contributed by atoms with E-state index < -0.39 is 0 Å². The van der Waals surface area contributed by atoms with E-state index in [1.54, 1.807) is 23.8 Å². The molecule has 0 N–H and O–H groups in total. The third kappa shape index (κ3) is 1.70. The lowest BCUT2D eigenvalue weighted by Crippen LogP contribution is -2.02. The third-order valence-electron chi connectivity index (χ3n) is 2.52. The van der Waals surface area contributed by atoms with Crippen molar-refractivity contribution in [1.82, 2.24) is 14.6 Å². The fourth-order valence-corrected chi connectivity index (χ4v) is 2.15. The van der Waals surface area contributed by atoms with Gasteiger partial charge in [-0.15, -0.1) is 5.10 Å². The molecule has 2 heterocycles. The molecule has 3 rings (SSSR count). The summed E-state index contributed by atoms with van der Waals surface area (Å²) < 4.78 is 3.70. The molecule has 0 saturated carbocycles. The van der Waals surface area contributed by atoms with E-state index >= 15 is 0 Å². The number of benzene rings is 1. The Bertz CT molecular complexity index is 674. The van der Waals surface area contributed by atoms with E-state index in [1.165, 1.54) is 11.5 Å². The van der Waals surface area contributed by atoms with E-state index in [1.807, 2.05) is 18.2 Å². The first-order chi connectivity index (χ1) is 8.36. The Labute approximate surface area is 101 Å². The van der Waals surface area contributed by atoms with Gasteiger partial charge in [0.2, 0.25) is 5.78 Å². The van der Waals surface area contributed by atoms with Crippen LogP contribution in [-0.2, 0) is 0 Å². The van der Waals surface area contributed by atoms with Gasteiger partial charge in [-0.25, -0.2) is 0 Å². The lowest BCUT2D eigenvalue weighted by Gasteiger charge is -2.02. The average molecular weight is 241 g/mol. The molecule has 0 aliphatic heterocycles. The van der Waals surface area contributed by atoms with Gasteiger partial charge in [0.1, 0.15) is 5.69 Å².